The summed E-state index contributed by atoms with van der Waals surface area (Å²) in [7, 11) is 0. The van der Waals surface area contributed by atoms with Crippen LogP contribution in [0.1, 0.15) is 36.2 Å². The largest absolute Gasteiger partial charge is 0.352 e. The minimum atomic E-state index is 0.0686. The van der Waals surface area contributed by atoms with Crippen LogP contribution in [-0.4, -0.2) is 51.2 Å². The SMILES string of the molecule is O=C(CCc1nc(Cl)n[nH]1)N[C@H]1CCCN(C2Cc3ccccc3C2)C1. The number of nitrogens with one attached hydrogen (secondary N) is 2. The van der Waals surface area contributed by atoms with Crippen LogP contribution in [0.2, 0.25) is 5.28 Å². The number of H-pyrrole nitrogens is 1. The third-order valence-electron chi connectivity index (χ3n) is 5.46. The lowest BCUT2D eigenvalue weighted by Gasteiger charge is -2.37. The first-order chi connectivity index (χ1) is 12.7. The van der Waals surface area contributed by atoms with Gasteiger partial charge in [0.05, 0.1) is 0 Å². The van der Waals surface area contributed by atoms with Gasteiger partial charge in [0, 0.05) is 31.5 Å². The van der Waals surface area contributed by atoms with Crippen LogP contribution >= 0.6 is 11.6 Å². The van der Waals surface area contributed by atoms with Gasteiger partial charge in [-0.1, -0.05) is 24.3 Å². The summed E-state index contributed by atoms with van der Waals surface area (Å²) in [5.41, 5.74) is 2.96. The van der Waals surface area contributed by atoms with Crippen molar-refractivity contribution in [3.63, 3.8) is 0 Å². The van der Waals surface area contributed by atoms with E-state index in [-0.39, 0.29) is 17.2 Å². The van der Waals surface area contributed by atoms with Crippen molar-refractivity contribution < 1.29 is 4.79 Å². The van der Waals surface area contributed by atoms with Crippen LogP contribution in [-0.2, 0) is 24.1 Å². The van der Waals surface area contributed by atoms with E-state index in [2.05, 4.69) is 49.7 Å². The zero-order valence-electron chi connectivity index (χ0n) is 14.7. The fourth-order valence-electron chi connectivity index (χ4n) is 4.17. The third-order valence-corrected chi connectivity index (χ3v) is 5.63. The Kier molecular flexibility index (Phi) is 5.22. The lowest BCUT2D eigenvalue weighted by molar-refractivity contribution is -0.122. The van der Waals surface area contributed by atoms with Gasteiger partial charge in [-0.2, -0.15) is 0 Å². The number of likely N-dealkylation sites (tertiary alicyclic amines) is 1. The molecular weight excluding hydrogens is 350 g/mol. The molecule has 4 rings (SSSR count). The molecule has 6 nitrogen and oxygen atoms in total. The predicted octanol–water partition coefficient (Wildman–Crippen LogP) is 2.14. The first kappa shape index (κ1) is 17.5. The molecule has 0 bridgehead atoms. The first-order valence-electron chi connectivity index (χ1n) is 9.34. The van der Waals surface area contributed by atoms with Gasteiger partial charge >= 0.3 is 0 Å². The predicted molar refractivity (Wildman–Crippen MR) is 100 cm³/mol. The summed E-state index contributed by atoms with van der Waals surface area (Å²) in [4.78, 5) is 18.9. The number of rotatable bonds is 5. The zero-order valence-corrected chi connectivity index (χ0v) is 15.5. The van der Waals surface area contributed by atoms with Crippen molar-refractivity contribution in [2.24, 2.45) is 0 Å². The lowest BCUT2D eigenvalue weighted by Crippen LogP contribution is -2.51. The van der Waals surface area contributed by atoms with Crippen LogP contribution in [0, 0.1) is 0 Å². The van der Waals surface area contributed by atoms with Crippen molar-refractivity contribution in [2.75, 3.05) is 13.1 Å². The summed E-state index contributed by atoms with van der Waals surface area (Å²) < 4.78 is 0. The molecule has 0 unspecified atom stereocenters. The molecule has 0 spiro atoms. The number of benzene rings is 1. The van der Waals surface area contributed by atoms with E-state index in [9.17, 15) is 4.79 Å². The third kappa shape index (κ3) is 4.07. The van der Waals surface area contributed by atoms with Crippen LogP contribution in [0.25, 0.3) is 0 Å². The maximum Gasteiger partial charge on any atom is 0.242 e. The smallest absolute Gasteiger partial charge is 0.242 e. The Morgan fingerprint density at radius 3 is 2.77 bits per heavy atom. The van der Waals surface area contributed by atoms with E-state index in [1.807, 2.05) is 0 Å². The van der Waals surface area contributed by atoms with Gasteiger partial charge in [0.25, 0.3) is 0 Å². The highest BCUT2D eigenvalue weighted by molar-refractivity contribution is 6.28. The fraction of sp³-hybridized carbons (Fsp3) is 0.526. The number of fused-ring (bicyclic) bond motifs is 1. The zero-order chi connectivity index (χ0) is 17.9. The second-order valence-corrected chi connectivity index (χ2v) is 7.62. The van der Waals surface area contributed by atoms with Gasteiger partial charge in [-0.05, 0) is 55.0 Å². The summed E-state index contributed by atoms with van der Waals surface area (Å²) in [6.45, 7) is 2.07. The van der Waals surface area contributed by atoms with Crippen molar-refractivity contribution in [3.05, 3.63) is 46.5 Å². The molecule has 26 heavy (non-hydrogen) atoms. The molecule has 1 fully saturated rings. The minimum absolute atomic E-state index is 0.0686. The van der Waals surface area contributed by atoms with Crippen LogP contribution in [0.15, 0.2) is 24.3 Å². The maximum atomic E-state index is 12.3. The molecule has 2 N–H and O–H groups in total. The molecule has 2 aliphatic rings. The van der Waals surface area contributed by atoms with Gasteiger partial charge in [0.2, 0.25) is 11.2 Å². The van der Waals surface area contributed by atoms with Crippen LogP contribution in [0.4, 0.5) is 0 Å². The van der Waals surface area contributed by atoms with Gasteiger partial charge in [-0.3, -0.25) is 14.8 Å². The maximum absolute atomic E-state index is 12.3. The number of halogens is 1. The van der Waals surface area contributed by atoms with Crippen LogP contribution in [0.3, 0.4) is 0 Å². The molecule has 2 heterocycles. The second kappa shape index (κ2) is 7.76. The highest BCUT2D eigenvalue weighted by Gasteiger charge is 2.30. The number of aromatic amines is 1. The normalized spacial score (nSPS) is 20.9. The molecule has 0 saturated carbocycles. The van der Waals surface area contributed by atoms with Crippen molar-refractivity contribution in [1.82, 2.24) is 25.4 Å². The molecule has 138 valence electrons. The Balaban J connectivity index is 1.26. The van der Waals surface area contributed by atoms with E-state index in [0.717, 1.165) is 38.8 Å². The van der Waals surface area contributed by atoms with Crippen molar-refractivity contribution >= 4 is 17.5 Å². The number of aromatic nitrogens is 3. The number of aryl methyl sites for hydroxylation is 1. The number of hydrogen-bond acceptors (Lipinski definition) is 4. The highest BCUT2D eigenvalue weighted by atomic mass is 35.5. The minimum Gasteiger partial charge on any atom is -0.352 e. The molecule has 7 heteroatoms. The highest BCUT2D eigenvalue weighted by Crippen LogP contribution is 2.27. The molecule has 1 amide bonds. The van der Waals surface area contributed by atoms with Crippen molar-refractivity contribution in [1.29, 1.82) is 0 Å². The van der Waals surface area contributed by atoms with Crippen LogP contribution in [0.5, 0.6) is 0 Å². The number of nitrogens with zero attached hydrogens (tertiary/aromatic N) is 3. The summed E-state index contributed by atoms with van der Waals surface area (Å²) in [6, 6.07) is 9.55. The van der Waals surface area contributed by atoms with E-state index in [1.54, 1.807) is 0 Å². The van der Waals surface area contributed by atoms with Crippen LogP contribution < -0.4 is 5.32 Å². The van der Waals surface area contributed by atoms with E-state index >= 15 is 0 Å². The molecule has 1 aliphatic carbocycles. The standard InChI is InChI=1S/C19H24ClN5O/c20-19-22-17(23-24-19)7-8-18(26)21-15-6-3-9-25(12-15)16-10-13-4-1-2-5-14(13)11-16/h1-2,4-5,15-16H,3,6-12H2,(H,21,26)(H,22,23,24)/t15-/m0/s1. The molecule has 1 aromatic carbocycles. The van der Waals surface area contributed by atoms with Gasteiger partial charge in [0.15, 0.2) is 0 Å². The Hall–Kier alpha value is -1.92. The van der Waals surface area contributed by atoms with E-state index in [4.69, 9.17) is 11.6 Å². The molecular formula is C19H24ClN5O. The Bertz CT molecular complexity index is 752. The van der Waals surface area contributed by atoms with E-state index in [1.165, 1.54) is 11.1 Å². The average molecular weight is 374 g/mol. The number of piperidine rings is 1. The molecule has 0 radical (unpaired) electrons. The summed E-state index contributed by atoms with van der Waals surface area (Å²) in [5.74, 6) is 0.721. The molecule has 1 aromatic heterocycles. The number of carbonyl (C=O) groups excluding carboxylic acids is 1. The van der Waals surface area contributed by atoms with Gasteiger partial charge in [-0.15, -0.1) is 5.10 Å². The average Bonchev–Trinajstić information content (AvgIpc) is 3.26. The van der Waals surface area contributed by atoms with Crippen molar-refractivity contribution in [2.45, 2.75) is 50.6 Å². The summed E-state index contributed by atoms with van der Waals surface area (Å²) in [6.07, 6.45) is 5.37. The molecule has 1 aliphatic heterocycles. The number of carbonyl (C=O) groups is 1. The molecule has 1 atom stereocenters. The monoisotopic (exact) mass is 373 g/mol. The molecule has 2 aromatic rings. The number of amides is 1. The van der Waals surface area contributed by atoms with E-state index in [0.29, 0.717) is 24.7 Å². The van der Waals surface area contributed by atoms with Gasteiger partial charge in [0.1, 0.15) is 5.82 Å². The lowest BCUT2D eigenvalue weighted by atomic mass is 10.0. The van der Waals surface area contributed by atoms with E-state index < -0.39 is 0 Å². The van der Waals surface area contributed by atoms with Gasteiger partial charge in [-0.25, -0.2) is 4.98 Å². The Morgan fingerprint density at radius 1 is 1.31 bits per heavy atom. The number of hydrogen-bond donors (Lipinski definition) is 2. The fourth-order valence-corrected chi connectivity index (χ4v) is 4.31. The van der Waals surface area contributed by atoms with Crippen molar-refractivity contribution in [3.8, 4) is 0 Å². The quantitative estimate of drug-likeness (QED) is 0.842. The Morgan fingerprint density at radius 2 is 2.08 bits per heavy atom. The topological polar surface area (TPSA) is 73.9 Å². The second-order valence-electron chi connectivity index (χ2n) is 7.28. The summed E-state index contributed by atoms with van der Waals surface area (Å²) in [5, 5.41) is 9.90. The summed E-state index contributed by atoms with van der Waals surface area (Å²) >= 11 is 5.68. The Labute approximate surface area is 158 Å². The molecule has 1 saturated heterocycles. The first-order valence-corrected chi connectivity index (χ1v) is 9.72. The van der Waals surface area contributed by atoms with Gasteiger partial charge < -0.3 is 5.32 Å².